The molecule has 5 nitrogen and oxygen atoms in total. The van der Waals surface area contributed by atoms with Gasteiger partial charge in [-0.05, 0) is 43.7 Å². The molecule has 0 aliphatic heterocycles. The summed E-state index contributed by atoms with van der Waals surface area (Å²) in [4.78, 5) is 26.1. The van der Waals surface area contributed by atoms with E-state index in [2.05, 4.69) is 28.2 Å². The van der Waals surface area contributed by atoms with Gasteiger partial charge >= 0.3 is 0 Å². The van der Waals surface area contributed by atoms with Crippen molar-refractivity contribution in [2.24, 2.45) is 0 Å². The minimum absolute atomic E-state index is 0.204. The van der Waals surface area contributed by atoms with Crippen LogP contribution in [-0.4, -0.2) is 16.4 Å². The molecule has 0 spiro atoms. The van der Waals surface area contributed by atoms with Gasteiger partial charge in [0.1, 0.15) is 5.70 Å². The van der Waals surface area contributed by atoms with Crippen LogP contribution >= 0.6 is 0 Å². The Morgan fingerprint density at radius 2 is 1.61 bits per heavy atom. The topological polar surface area (TPSA) is 63.1 Å². The van der Waals surface area contributed by atoms with E-state index >= 15 is 0 Å². The van der Waals surface area contributed by atoms with E-state index < -0.39 is 0 Å². The van der Waals surface area contributed by atoms with Gasteiger partial charge < -0.3 is 15.2 Å². The number of aromatic nitrogens is 1. The Balaban J connectivity index is 1.66. The molecule has 0 saturated carbocycles. The molecule has 5 heteroatoms. The fourth-order valence-corrected chi connectivity index (χ4v) is 3.74. The van der Waals surface area contributed by atoms with Gasteiger partial charge in [0.15, 0.2) is 0 Å². The smallest absolute Gasteiger partial charge is 0.268 e. The SMILES string of the molecule is CCn1cc(C=C(NC(=O)c2ccc(C)cc2)C(=O)NCc2ccccc2)c2ccccc21. The highest BCUT2D eigenvalue weighted by Gasteiger charge is 2.16. The quantitative estimate of drug-likeness (QED) is 0.397. The zero-order chi connectivity index (χ0) is 23.2. The molecule has 0 aliphatic carbocycles. The minimum Gasteiger partial charge on any atom is -0.347 e. The van der Waals surface area contributed by atoms with Gasteiger partial charge in [-0.1, -0.05) is 66.2 Å². The fourth-order valence-electron chi connectivity index (χ4n) is 3.74. The molecule has 4 rings (SSSR count). The summed E-state index contributed by atoms with van der Waals surface area (Å²) in [5.41, 5.74) is 4.71. The number of aryl methyl sites for hydroxylation is 2. The number of hydrogen-bond donors (Lipinski definition) is 2. The van der Waals surface area contributed by atoms with Crippen LogP contribution in [-0.2, 0) is 17.9 Å². The van der Waals surface area contributed by atoms with Crippen LogP contribution in [0.5, 0.6) is 0 Å². The van der Waals surface area contributed by atoms with Crippen molar-refractivity contribution in [2.45, 2.75) is 26.9 Å². The van der Waals surface area contributed by atoms with Crippen LogP contribution in [0.1, 0.15) is 34.0 Å². The van der Waals surface area contributed by atoms with E-state index in [1.807, 2.05) is 73.8 Å². The Morgan fingerprint density at radius 1 is 0.909 bits per heavy atom. The van der Waals surface area contributed by atoms with Crippen LogP contribution in [0.25, 0.3) is 17.0 Å². The Bertz CT molecular complexity index is 1300. The average Bonchev–Trinajstić information content (AvgIpc) is 3.20. The molecule has 1 heterocycles. The van der Waals surface area contributed by atoms with Gasteiger partial charge in [0, 0.05) is 41.3 Å². The Kier molecular flexibility index (Phi) is 6.69. The van der Waals surface area contributed by atoms with Gasteiger partial charge in [0.25, 0.3) is 11.8 Å². The predicted molar refractivity (Wildman–Crippen MR) is 133 cm³/mol. The van der Waals surface area contributed by atoms with Crippen molar-refractivity contribution in [1.82, 2.24) is 15.2 Å². The number of nitrogens with one attached hydrogen (secondary N) is 2. The van der Waals surface area contributed by atoms with E-state index in [0.29, 0.717) is 12.1 Å². The van der Waals surface area contributed by atoms with Crippen LogP contribution in [0, 0.1) is 6.92 Å². The summed E-state index contributed by atoms with van der Waals surface area (Å²) in [5, 5.41) is 6.78. The largest absolute Gasteiger partial charge is 0.347 e. The monoisotopic (exact) mass is 437 g/mol. The summed E-state index contributed by atoms with van der Waals surface area (Å²) in [6, 6.07) is 25.0. The first kappa shape index (κ1) is 22.1. The first-order valence-corrected chi connectivity index (χ1v) is 11.0. The molecule has 0 aliphatic rings. The third-order valence-electron chi connectivity index (χ3n) is 5.56. The Morgan fingerprint density at radius 3 is 2.33 bits per heavy atom. The summed E-state index contributed by atoms with van der Waals surface area (Å²) < 4.78 is 2.13. The molecule has 0 unspecified atom stereocenters. The van der Waals surface area contributed by atoms with Gasteiger partial charge in [0.05, 0.1) is 0 Å². The van der Waals surface area contributed by atoms with E-state index in [4.69, 9.17) is 0 Å². The van der Waals surface area contributed by atoms with Crippen molar-refractivity contribution >= 4 is 28.8 Å². The van der Waals surface area contributed by atoms with Crippen molar-refractivity contribution in [1.29, 1.82) is 0 Å². The van der Waals surface area contributed by atoms with Gasteiger partial charge in [-0.3, -0.25) is 9.59 Å². The zero-order valence-electron chi connectivity index (χ0n) is 18.8. The third-order valence-corrected chi connectivity index (χ3v) is 5.56. The first-order valence-electron chi connectivity index (χ1n) is 11.0. The number of hydrogen-bond acceptors (Lipinski definition) is 2. The highest BCUT2D eigenvalue weighted by Crippen LogP contribution is 2.23. The standard InChI is InChI=1S/C28H27N3O2/c1-3-31-19-23(24-11-7-8-12-26(24)31)17-25(28(33)29-18-21-9-5-4-6-10-21)30-27(32)22-15-13-20(2)14-16-22/h4-17,19H,3,18H2,1-2H3,(H,29,33)(H,30,32). The molecular weight excluding hydrogens is 410 g/mol. The number of amides is 2. The molecule has 0 radical (unpaired) electrons. The molecule has 0 fully saturated rings. The summed E-state index contributed by atoms with van der Waals surface area (Å²) >= 11 is 0. The van der Waals surface area contributed by atoms with E-state index in [9.17, 15) is 9.59 Å². The molecule has 33 heavy (non-hydrogen) atoms. The molecule has 2 amide bonds. The second-order valence-corrected chi connectivity index (χ2v) is 7.93. The number of para-hydroxylation sites is 1. The molecule has 0 saturated heterocycles. The number of carbonyl (C=O) groups is 2. The maximum absolute atomic E-state index is 13.2. The lowest BCUT2D eigenvalue weighted by molar-refractivity contribution is -0.117. The number of benzene rings is 3. The van der Waals surface area contributed by atoms with Gasteiger partial charge in [-0.2, -0.15) is 0 Å². The molecule has 1 aromatic heterocycles. The third kappa shape index (κ3) is 5.21. The van der Waals surface area contributed by atoms with Crippen molar-refractivity contribution in [3.63, 3.8) is 0 Å². The lowest BCUT2D eigenvalue weighted by atomic mass is 10.1. The zero-order valence-corrected chi connectivity index (χ0v) is 18.8. The Labute approximate surface area is 193 Å². The molecular formula is C28H27N3O2. The Hall–Kier alpha value is -4.12. The number of nitrogens with zero attached hydrogens (tertiary/aromatic N) is 1. The number of rotatable bonds is 7. The molecule has 166 valence electrons. The lowest BCUT2D eigenvalue weighted by Gasteiger charge is -2.11. The summed E-state index contributed by atoms with van der Waals surface area (Å²) in [6.07, 6.45) is 3.76. The summed E-state index contributed by atoms with van der Waals surface area (Å²) in [5.74, 6) is -0.664. The van der Waals surface area contributed by atoms with Gasteiger partial charge in [-0.15, -0.1) is 0 Å². The van der Waals surface area contributed by atoms with Crippen LogP contribution in [0.2, 0.25) is 0 Å². The van der Waals surface area contributed by atoms with Crippen molar-refractivity contribution in [3.05, 3.63) is 113 Å². The maximum atomic E-state index is 13.2. The van der Waals surface area contributed by atoms with Gasteiger partial charge in [0.2, 0.25) is 0 Å². The summed E-state index contributed by atoms with van der Waals surface area (Å²) in [6.45, 7) is 5.22. The molecule has 0 atom stereocenters. The van der Waals surface area contributed by atoms with E-state index in [0.717, 1.165) is 34.1 Å². The van der Waals surface area contributed by atoms with Crippen LogP contribution < -0.4 is 10.6 Å². The molecule has 2 N–H and O–H groups in total. The summed E-state index contributed by atoms with van der Waals surface area (Å²) in [7, 11) is 0. The highest BCUT2D eigenvalue weighted by molar-refractivity contribution is 6.06. The van der Waals surface area contributed by atoms with E-state index in [1.165, 1.54) is 0 Å². The lowest BCUT2D eigenvalue weighted by Crippen LogP contribution is -2.34. The second kappa shape index (κ2) is 10.0. The van der Waals surface area contributed by atoms with Gasteiger partial charge in [-0.25, -0.2) is 0 Å². The minimum atomic E-state index is -0.340. The van der Waals surface area contributed by atoms with E-state index in [1.54, 1.807) is 18.2 Å². The fraction of sp³-hybridized carbons (Fsp3) is 0.143. The predicted octanol–water partition coefficient (Wildman–Crippen LogP) is 5.06. The number of carbonyl (C=O) groups excluding carboxylic acids is 2. The number of fused-ring (bicyclic) bond motifs is 1. The first-order chi connectivity index (χ1) is 16.0. The maximum Gasteiger partial charge on any atom is 0.268 e. The van der Waals surface area contributed by atoms with E-state index in [-0.39, 0.29) is 17.5 Å². The molecule has 4 aromatic rings. The molecule has 0 bridgehead atoms. The second-order valence-electron chi connectivity index (χ2n) is 7.93. The highest BCUT2D eigenvalue weighted by atomic mass is 16.2. The molecule has 3 aromatic carbocycles. The van der Waals surface area contributed by atoms with Crippen LogP contribution in [0.3, 0.4) is 0 Å². The van der Waals surface area contributed by atoms with Crippen LogP contribution in [0.4, 0.5) is 0 Å². The normalized spacial score (nSPS) is 11.4. The van der Waals surface area contributed by atoms with Crippen LogP contribution in [0.15, 0.2) is 90.8 Å². The van der Waals surface area contributed by atoms with Crippen molar-refractivity contribution < 1.29 is 9.59 Å². The average molecular weight is 438 g/mol. The van der Waals surface area contributed by atoms with Crippen molar-refractivity contribution in [2.75, 3.05) is 0 Å². The van der Waals surface area contributed by atoms with Crippen molar-refractivity contribution in [3.8, 4) is 0 Å².